The van der Waals surface area contributed by atoms with Crippen LogP contribution >= 0.6 is 11.3 Å². The molecule has 0 amide bonds. The summed E-state index contributed by atoms with van der Waals surface area (Å²) in [7, 11) is 0. The highest BCUT2D eigenvalue weighted by Gasteiger charge is 2.27. The van der Waals surface area contributed by atoms with Gasteiger partial charge >= 0.3 is 0 Å². The quantitative estimate of drug-likeness (QED) is 0.848. The van der Waals surface area contributed by atoms with Gasteiger partial charge in [-0.1, -0.05) is 18.2 Å². The first-order valence-electron chi connectivity index (χ1n) is 5.12. The van der Waals surface area contributed by atoms with Crippen molar-refractivity contribution in [1.29, 1.82) is 0 Å². The number of thiophene rings is 1. The summed E-state index contributed by atoms with van der Waals surface area (Å²) in [6.45, 7) is 3.86. The van der Waals surface area contributed by atoms with E-state index in [1.54, 1.807) is 23.5 Å². The van der Waals surface area contributed by atoms with Crippen molar-refractivity contribution in [2.45, 2.75) is 19.4 Å². The maximum atomic E-state index is 13.7. The minimum Gasteiger partial charge on any atom is -0.317 e. The molecule has 1 unspecified atom stereocenters. The summed E-state index contributed by atoms with van der Waals surface area (Å²) in [5, 5.41) is 0. The third-order valence-corrected chi connectivity index (χ3v) is 3.92. The SMILES string of the molecule is Cc1ccc(C(C)(N)c2ccccc2F)s1. The molecule has 2 rings (SSSR count). The summed E-state index contributed by atoms with van der Waals surface area (Å²) in [4.78, 5) is 2.16. The molecule has 0 saturated heterocycles. The number of nitrogens with two attached hydrogens (primary N) is 1. The van der Waals surface area contributed by atoms with Gasteiger partial charge in [-0.05, 0) is 32.0 Å². The van der Waals surface area contributed by atoms with Gasteiger partial charge in [-0.3, -0.25) is 0 Å². The Morgan fingerprint density at radius 1 is 1.19 bits per heavy atom. The molecule has 1 nitrogen and oxygen atoms in total. The normalized spacial score (nSPS) is 14.8. The van der Waals surface area contributed by atoms with Crippen LogP contribution in [0.5, 0.6) is 0 Å². The molecular formula is C13H14FNS. The monoisotopic (exact) mass is 235 g/mol. The lowest BCUT2D eigenvalue weighted by atomic mass is 9.91. The minimum atomic E-state index is -0.760. The van der Waals surface area contributed by atoms with Gasteiger partial charge in [0.15, 0.2) is 0 Å². The molecule has 0 aliphatic heterocycles. The highest BCUT2D eigenvalue weighted by Crippen LogP contribution is 2.32. The fraction of sp³-hybridized carbons (Fsp3) is 0.231. The Hall–Kier alpha value is -1.19. The molecule has 2 N–H and O–H groups in total. The van der Waals surface area contributed by atoms with Crippen molar-refractivity contribution in [2.75, 3.05) is 0 Å². The molecule has 1 aromatic carbocycles. The second kappa shape index (κ2) is 4.00. The zero-order valence-corrected chi connectivity index (χ0v) is 10.1. The second-order valence-corrected chi connectivity index (χ2v) is 5.38. The van der Waals surface area contributed by atoms with Crippen LogP contribution in [0.3, 0.4) is 0 Å². The predicted molar refractivity (Wildman–Crippen MR) is 66.1 cm³/mol. The molecule has 3 heteroatoms. The Labute approximate surface area is 98.7 Å². The smallest absolute Gasteiger partial charge is 0.128 e. The zero-order valence-electron chi connectivity index (χ0n) is 9.33. The lowest BCUT2D eigenvalue weighted by Gasteiger charge is -2.24. The van der Waals surface area contributed by atoms with Crippen LogP contribution in [-0.4, -0.2) is 0 Å². The third kappa shape index (κ3) is 1.88. The molecular weight excluding hydrogens is 221 g/mol. The Morgan fingerprint density at radius 3 is 2.44 bits per heavy atom. The molecule has 0 fully saturated rings. The van der Waals surface area contributed by atoms with E-state index in [0.29, 0.717) is 5.56 Å². The van der Waals surface area contributed by atoms with Crippen molar-refractivity contribution < 1.29 is 4.39 Å². The number of aryl methyl sites for hydroxylation is 1. The van der Waals surface area contributed by atoms with Crippen molar-refractivity contribution in [3.8, 4) is 0 Å². The Bertz CT molecular complexity index is 502. The number of benzene rings is 1. The van der Waals surface area contributed by atoms with Gasteiger partial charge in [-0.2, -0.15) is 0 Å². The van der Waals surface area contributed by atoms with Gasteiger partial charge < -0.3 is 5.73 Å². The van der Waals surface area contributed by atoms with Crippen molar-refractivity contribution in [2.24, 2.45) is 5.73 Å². The Morgan fingerprint density at radius 2 is 1.88 bits per heavy atom. The van der Waals surface area contributed by atoms with Crippen LogP contribution in [0.4, 0.5) is 4.39 Å². The van der Waals surface area contributed by atoms with Gasteiger partial charge in [0, 0.05) is 15.3 Å². The van der Waals surface area contributed by atoms with Gasteiger partial charge in [-0.25, -0.2) is 4.39 Å². The van der Waals surface area contributed by atoms with Crippen molar-refractivity contribution in [1.82, 2.24) is 0 Å². The van der Waals surface area contributed by atoms with Crippen LogP contribution in [-0.2, 0) is 5.54 Å². The summed E-state index contributed by atoms with van der Waals surface area (Å²) in [5.74, 6) is -0.251. The zero-order chi connectivity index (χ0) is 11.8. The molecule has 0 saturated carbocycles. The fourth-order valence-corrected chi connectivity index (χ4v) is 2.67. The third-order valence-electron chi connectivity index (χ3n) is 2.69. The van der Waals surface area contributed by atoms with Crippen LogP contribution in [0.1, 0.15) is 22.2 Å². The van der Waals surface area contributed by atoms with Gasteiger partial charge in [0.2, 0.25) is 0 Å². The molecule has 1 aromatic heterocycles. The van der Waals surface area contributed by atoms with Gasteiger partial charge in [-0.15, -0.1) is 11.3 Å². The van der Waals surface area contributed by atoms with E-state index in [4.69, 9.17) is 5.73 Å². The topological polar surface area (TPSA) is 26.0 Å². The van der Waals surface area contributed by atoms with Crippen LogP contribution in [0.25, 0.3) is 0 Å². The van der Waals surface area contributed by atoms with Crippen LogP contribution in [0.2, 0.25) is 0 Å². The number of rotatable bonds is 2. The summed E-state index contributed by atoms with van der Waals surface area (Å²) < 4.78 is 13.7. The average Bonchev–Trinajstić information content (AvgIpc) is 2.66. The predicted octanol–water partition coefficient (Wildman–Crippen LogP) is 3.42. The first-order chi connectivity index (χ1) is 7.51. The highest BCUT2D eigenvalue weighted by atomic mass is 32.1. The van der Waals surface area contributed by atoms with Crippen LogP contribution < -0.4 is 5.73 Å². The molecule has 0 spiro atoms. The van der Waals surface area contributed by atoms with Crippen molar-refractivity contribution in [3.05, 3.63) is 57.5 Å². The van der Waals surface area contributed by atoms with Gasteiger partial charge in [0.05, 0.1) is 5.54 Å². The van der Waals surface area contributed by atoms with Crippen LogP contribution in [0, 0.1) is 12.7 Å². The molecule has 1 atom stereocenters. The van der Waals surface area contributed by atoms with E-state index in [2.05, 4.69) is 0 Å². The van der Waals surface area contributed by atoms with Crippen LogP contribution in [0.15, 0.2) is 36.4 Å². The molecule has 0 radical (unpaired) electrons. The summed E-state index contributed by atoms with van der Waals surface area (Å²) in [5.41, 5.74) is 6.02. The summed E-state index contributed by atoms with van der Waals surface area (Å²) >= 11 is 1.61. The van der Waals surface area contributed by atoms with E-state index in [1.165, 1.54) is 10.9 Å². The fourth-order valence-electron chi connectivity index (χ4n) is 1.73. The van der Waals surface area contributed by atoms with E-state index < -0.39 is 5.54 Å². The molecule has 16 heavy (non-hydrogen) atoms. The molecule has 0 aliphatic carbocycles. The minimum absolute atomic E-state index is 0.251. The van der Waals surface area contributed by atoms with E-state index in [-0.39, 0.29) is 5.82 Å². The maximum Gasteiger partial charge on any atom is 0.128 e. The first kappa shape index (κ1) is 11.3. The van der Waals surface area contributed by atoms with Gasteiger partial charge in [0.25, 0.3) is 0 Å². The lowest BCUT2D eigenvalue weighted by molar-refractivity contribution is 0.537. The molecule has 0 bridgehead atoms. The largest absolute Gasteiger partial charge is 0.317 e. The van der Waals surface area contributed by atoms with E-state index >= 15 is 0 Å². The maximum absolute atomic E-state index is 13.7. The average molecular weight is 235 g/mol. The molecule has 2 aromatic rings. The molecule has 1 heterocycles. The number of halogens is 1. The summed E-state index contributed by atoms with van der Waals surface area (Å²) in [6, 6.07) is 10.6. The van der Waals surface area contributed by atoms with Gasteiger partial charge in [0.1, 0.15) is 5.82 Å². The molecule has 84 valence electrons. The standard InChI is InChI=1S/C13H14FNS/c1-9-7-8-12(16-9)13(2,15)10-5-3-4-6-11(10)14/h3-8H,15H2,1-2H3. The van der Waals surface area contributed by atoms with Crippen molar-refractivity contribution >= 4 is 11.3 Å². The van der Waals surface area contributed by atoms with E-state index in [0.717, 1.165) is 4.88 Å². The van der Waals surface area contributed by atoms with E-state index in [1.807, 2.05) is 32.0 Å². The Balaban J connectivity index is 2.50. The lowest BCUT2D eigenvalue weighted by Crippen LogP contribution is -2.34. The molecule has 0 aliphatic rings. The van der Waals surface area contributed by atoms with Crippen molar-refractivity contribution in [3.63, 3.8) is 0 Å². The number of hydrogen-bond donors (Lipinski definition) is 1. The van der Waals surface area contributed by atoms with E-state index in [9.17, 15) is 4.39 Å². The number of hydrogen-bond acceptors (Lipinski definition) is 2. The summed E-state index contributed by atoms with van der Waals surface area (Å²) in [6.07, 6.45) is 0. The highest BCUT2D eigenvalue weighted by molar-refractivity contribution is 7.12. The first-order valence-corrected chi connectivity index (χ1v) is 5.94. The Kier molecular flexibility index (Phi) is 2.82. The second-order valence-electron chi connectivity index (χ2n) is 4.09.